The molecule has 2 saturated carbocycles. The molecule has 114 valence electrons. The van der Waals surface area contributed by atoms with E-state index in [2.05, 4.69) is 12.2 Å². The van der Waals surface area contributed by atoms with Gasteiger partial charge in [0, 0.05) is 0 Å². The van der Waals surface area contributed by atoms with Crippen LogP contribution in [0.25, 0.3) is 0 Å². The Morgan fingerprint density at radius 2 is 1.90 bits per heavy atom. The molecule has 2 fully saturated rings. The Morgan fingerprint density at radius 3 is 2.57 bits per heavy atom. The third-order valence-electron chi connectivity index (χ3n) is 4.44. The van der Waals surface area contributed by atoms with E-state index in [1.807, 2.05) is 0 Å². The van der Waals surface area contributed by atoms with Gasteiger partial charge < -0.3 is 4.74 Å². The lowest BCUT2D eigenvalue weighted by atomic mass is 9.85. The van der Waals surface area contributed by atoms with E-state index in [-0.39, 0.29) is 5.75 Å². The molecule has 0 N–H and O–H groups in total. The lowest BCUT2D eigenvalue weighted by molar-refractivity contribution is 0.279. The van der Waals surface area contributed by atoms with E-state index in [9.17, 15) is 8.78 Å². The summed E-state index contributed by atoms with van der Waals surface area (Å²) >= 11 is 0. The normalized spacial score (nSPS) is 19.0. The molecule has 0 radical (unpaired) electrons. The van der Waals surface area contributed by atoms with E-state index in [0.717, 1.165) is 19.3 Å². The van der Waals surface area contributed by atoms with Crippen LogP contribution in [0.15, 0.2) is 24.3 Å². The van der Waals surface area contributed by atoms with Crippen molar-refractivity contribution >= 4 is 0 Å². The number of rotatable bonds is 7. The molecule has 3 rings (SSSR count). The van der Waals surface area contributed by atoms with E-state index < -0.39 is 11.6 Å². The van der Waals surface area contributed by atoms with Crippen LogP contribution >= 0.6 is 0 Å². The van der Waals surface area contributed by atoms with E-state index in [1.54, 1.807) is 12.1 Å². The standard InChI is InChI=1S/C18H22F2O/c19-17-15(7-2-1-4-13-5-3-6-13)10-11-16(18(17)20)21-12-14-8-9-14/h1,4,10-11,13-14H,2-3,5-9,12H2/b4-1+. The summed E-state index contributed by atoms with van der Waals surface area (Å²) in [5.41, 5.74) is 0.435. The minimum atomic E-state index is -0.837. The number of hydrogen-bond acceptors (Lipinski definition) is 1. The van der Waals surface area contributed by atoms with Gasteiger partial charge in [0.05, 0.1) is 6.61 Å². The number of allylic oxidation sites excluding steroid dienone is 2. The van der Waals surface area contributed by atoms with Crippen LogP contribution in [0.1, 0.15) is 44.1 Å². The van der Waals surface area contributed by atoms with Gasteiger partial charge in [-0.3, -0.25) is 0 Å². The largest absolute Gasteiger partial charge is 0.490 e. The van der Waals surface area contributed by atoms with Crippen LogP contribution < -0.4 is 4.74 Å². The van der Waals surface area contributed by atoms with Crippen molar-refractivity contribution in [1.82, 2.24) is 0 Å². The van der Waals surface area contributed by atoms with Crippen molar-refractivity contribution in [1.29, 1.82) is 0 Å². The topological polar surface area (TPSA) is 9.23 Å². The molecule has 0 atom stereocenters. The Balaban J connectivity index is 1.54. The lowest BCUT2D eigenvalue weighted by Crippen LogP contribution is -2.07. The van der Waals surface area contributed by atoms with Crippen molar-refractivity contribution in [2.75, 3.05) is 6.61 Å². The van der Waals surface area contributed by atoms with Crippen LogP contribution in [-0.2, 0) is 6.42 Å². The number of benzene rings is 1. The van der Waals surface area contributed by atoms with E-state index in [0.29, 0.717) is 30.4 Å². The highest BCUT2D eigenvalue weighted by atomic mass is 19.2. The average Bonchev–Trinajstić information content (AvgIpc) is 3.24. The van der Waals surface area contributed by atoms with Gasteiger partial charge in [-0.1, -0.05) is 24.6 Å². The second kappa shape index (κ2) is 6.59. The van der Waals surface area contributed by atoms with Crippen LogP contribution in [0.4, 0.5) is 8.78 Å². The van der Waals surface area contributed by atoms with Gasteiger partial charge in [-0.25, -0.2) is 4.39 Å². The third kappa shape index (κ3) is 3.84. The van der Waals surface area contributed by atoms with Crippen molar-refractivity contribution < 1.29 is 13.5 Å². The lowest BCUT2D eigenvalue weighted by Gasteiger charge is -2.21. The molecule has 1 nitrogen and oxygen atoms in total. The Labute approximate surface area is 125 Å². The first-order chi connectivity index (χ1) is 10.2. The molecule has 0 bridgehead atoms. The molecule has 1 aromatic carbocycles. The number of hydrogen-bond donors (Lipinski definition) is 0. The molecule has 0 aromatic heterocycles. The number of ether oxygens (including phenoxy) is 1. The van der Waals surface area contributed by atoms with Gasteiger partial charge in [0.15, 0.2) is 11.6 Å². The molecule has 2 aliphatic rings. The summed E-state index contributed by atoms with van der Waals surface area (Å²) in [5.74, 6) is -0.293. The second-order valence-electron chi connectivity index (χ2n) is 6.26. The SMILES string of the molecule is Fc1c(CC/C=C/C2CCC2)ccc(OCC2CC2)c1F. The summed E-state index contributed by atoms with van der Waals surface area (Å²) in [6.07, 6.45) is 11.7. The highest BCUT2D eigenvalue weighted by Gasteiger charge is 2.23. The molecule has 21 heavy (non-hydrogen) atoms. The predicted molar refractivity (Wildman–Crippen MR) is 79.4 cm³/mol. The maximum atomic E-state index is 14.0. The predicted octanol–water partition coefficient (Wildman–Crippen LogP) is 5.04. The zero-order chi connectivity index (χ0) is 14.7. The van der Waals surface area contributed by atoms with Crippen LogP contribution in [0.5, 0.6) is 5.75 Å². The smallest absolute Gasteiger partial charge is 0.200 e. The summed E-state index contributed by atoms with van der Waals surface area (Å²) in [5, 5.41) is 0. The summed E-state index contributed by atoms with van der Waals surface area (Å²) < 4.78 is 33.2. The summed E-state index contributed by atoms with van der Waals surface area (Å²) in [6.45, 7) is 0.500. The van der Waals surface area contributed by atoms with Gasteiger partial charge in [0.2, 0.25) is 5.82 Å². The Bertz CT molecular complexity index is 516. The molecule has 0 saturated heterocycles. The number of aryl methyl sites for hydroxylation is 1. The fourth-order valence-corrected chi connectivity index (χ4v) is 2.53. The van der Waals surface area contributed by atoms with E-state index >= 15 is 0 Å². The van der Waals surface area contributed by atoms with Gasteiger partial charge in [-0.05, 0) is 62.0 Å². The molecule has 0 amide bonds. The molecule has 3 heteroatoms. The summed E-state index contributed by atoms with van der Waals surface area (Å²) in [7, 11) is 0. The van der Waals surface area contributed by atoms with Crippen molar-refractivity contribution in [2.24, 2.45) is 11.8 Å². The van der Waals surface area contributed by atoms with Crippen LogP contribution in [0, 0.1) is 23.5 Å². The quantitative estimate of drug-likeness (QED) is 0.639. The van der Waals surface area contributed by atoms with E-state index in [4.69, 9.17) is 4.74 Å². The minimum Gasteiger partial charge on any atom is -0.490 e. The van der Waals surface area contributed by atoms with Gasteiger partial charge in [0.25, 0.3) is 0 Å². The fraction of sp³-hybridized carbons (Fsp3) is 0.556. The summed E-state index contributed by atoms with van der Waals surface area (Å²) in [6, 6.07) is 3.21. The monoisotopic (exact) mass is 292 g/mol. The second-order valence-corrected chi connectivity index (χ2v) is 6.26. The van der Waals surface area contributed by atoms with Crippen molar-refractivity contribution in [3.05, 3.63) is 41.5 Å². The summed E-state index contributed by atoms with van der Waals surface area (Å²) in [4.78, 5) is 0. The fourth-order valence-electron chi connectivity index (χ4n) is 2.53. The first-order valence-electron chi connectivity index (χ1n) is 8.00. The molecule has 0 unspecified atom stereocenters. The first kappa shape index (κ1) is 14.6. The molecule has 2 aliphatic carbocycles. The molecular formula is C18H22F2O. The van der Waals surface area contributed by atoms with Gasteiger partial charge in [0.1, 0.15) is 0 Å². The van der Waals surface area contributed by atoms with Crippen molar-refractivity contribution in [3.63, 3.8) is 0 Å². The Morgan fingerprint density at radius 1 is 1.10 bits per heavy atom. The molecule has 1 aromatic rings. The molecule has 0 spiro atoms. The molecular weight excluding hydrogens is 270 g/mol. The highest BCUT2D eigenvalue weighted by Crippen LogP contribution is 2.31. The first-order valence-corrected chi connectivity index (χ1v) is 8.00. The highest BCUT2D eigenvalue weighted by molar-refractivity contribution is 5.31. The van der Waals surface area contributed by atoms with Gasteiger partial charge in [-0.15, -0.1) is 0 Å². The zero-order valence-corrected chi connectivity index (χ0v) is 12.3. The van der Waals surface area contributed by atoms with Crippen molar-refractivity contribution in [2.45, 2.75) is 44.9 Å². The van der Waals surface area contributed by atoms with Gasteiger partial charge in [-0.2, -0.15) is 4.39 Å². The zero-order valence-electron chi connectivity index (χ0n) is 12.3. The Kier molecular flexibility index (Phi) is 4.57. The average molecular weight is 292 g/mol. The van der Waals surface area contributed by atoms with Crippen LogP contribution in [0.2, 0.25) is 0 Å². The maximum absolute atomic E-state index is 14.0. The third-order valence-corrected chi connectivity index (χ3v) is 4.44. The van der Waals surface area contributed by atoms with Gasteiger partial charge >= 0.3 is 0 Å². The minimum absolute atomic E-state index is 0.0492. The molecule has 0 heterocycles. The Hall–Kier alpha value is -1.38. The van der Waals surface area contributed by atoms with Crippen molar-refractivity contribution in [3.8, 4) is 5.75 Å². The van der Waals surface area contributed by atoms with E-state index in [1.165, 1.54) is 19.3 Å². The maximum Gasteiger partial charge on any atom is 0.200 e. The molecule has 0 aliphatic heterocycles. The van der Waals surface area contributed by atoms with Crippen LogP contribution in [0.3, 0.4) is 0 Å². The van der Waals surface area contributed by atoms with Crippen LogP contribution in [-0.4, -0.2) is 6.61 Å². The number of halogens is 2.